The van der Waals surface area contributed by atoms with Crippen LogP contribution in [0, 0.1) is 0 Å². The second-order valence-electron chi connectivity index (χ2n) is 5.93. The van der Waals surface area contributed by atoms with Crippen LogP contribution in [0.15, 0.2) is 29.8 Å². The van der Waals surface area contributed by atoms with Crippen molar-refractivity contribution in [2.24, 2.45) is 0 Å². The third-order valence-electron chi connectivity index (χ3n) is 4.28. The third kappa shape index (κ3) is 3.23. The van der Waals surface area contributed by atoms with Crippen molar-refractivity contribution < 1.29 is 9.53 Å². The van der Waals surface area contributed by atoms with Crippen LogP contribution in [0.5, 0.6) is 0 Å². The number of anilines is 2. The van der Waals surface area contributed by atoms with Crippen molar-refractivity contribution >= 4 is 28.7 Å². The number of rotatable bonds is 4. The molecular formula is C17H19N3O2S. The zero-order valence-corrected chi connectivity index (χ0v) is 13.6. The maximum atomic E-state index is 12.4. The summed E-state index contributed by atoms with van der Waals surface area (Å²) < 4.78 is 5.36. The molecule has 0 atom stereocenters. The van der Waals surface area contributed by atoms with Gasteiger partial charge in [0.05, 0.1) is 30.0 Å². The number of nitrogens with one attached hydrogen (secondary N) is 1. The number of hydrogen-bond acceptors (Lipinski definition) is 5. The molecule has 4 rings (SSSR count). The van der Waals surface area contributed by atoms with Gasteiger partial charge in [-0.05, 0) is 47.9 Å². The maximum Gasteiger partial charge on any atom is 0.267 e. The van der Waals surface area contributed by atoms with Crippen molar-refractivity contribution in [2.75, 3.05) is 36.5 Å². The van der Waals surface area contributed by atoms with Gasteiger partial charge < -0.3 is 15.0 Å². The highest BCUT2D eigenvalue weighted by Gasteiger charge is 2.29. The molecule has 2 fully saturated rings. The molecule has 2 aromatic heterocycles. The highest BCUT2D eigenvalue weighted by molar-refractivity contribution is 7.12. The van der Waals surface area contributed by atoms with Crippen LogP contribution < -0.4 is 10.2 Å². The normalized spacial score (nSPS) is 18.0. The number of ether oxygens (including phenoxy) is 1. The van der Waals surface area contributed by atoms with Crippen molar-refractivity contribution in [3.63, 3.8) is 0 Å². The number of amides is 1. The summed E-state index contributed by atoms with van der Waals surface area (Å²) in [5.74, 6) is 1.13. The van der Waals surface area contributed by atoms with Gasteiger partial charge in [-0.25, -0.2) is 4.98 Å². The summed E-state index contributed by atoms with van der Waals surface area (Å²) in [4.78, 5) is 19.9. The summed E-state index contributed by atoms with van der Waals surface area (Å²) >= 11 is 1.51. The second kappa shape index (κ2) is 6.29. The molecule has 0 unspecified atom stereocenters. The quantitative estimate of drug-likeness (QED) is 0.936. The summed E-state index contributed by atoms with van der Waals surface area (Å²) in [7, 11) is 0. The molecule has 0 aromatic carbocycles. The summed E-state index contributed by atoms with van der Waals surface area (Å²) in [6, 6.07) is 5.95. The van der Waals surface area contributed by atoms with Crippen LogP contribution in [0.3, 0.4) is 0 Å². The van der Waals surface area contributed by atoms with Crippen LogP contribution in [0.2, 0.25) is 0 Å². The maximum absolute atomic E-state index is 12.4. The minimum absolute atomic E-state index is 0.0477. The van der Waals surface area contributed by atoms with Gasteiger partial charge in [-0.3, -0.25) is 4.79 Å². The fourth-order valence-corrected chi connectivity index (χ4v) is 3.74. The largest absolute Gasteiger partial charge is 0.378 e. The molecule has 6 heteroatoms. The Morgan fingerprint density at radius 1 is 1.26 bits per heavy atom. The lowest BCUT2D eigenvalue weighted by Crippen LogP contribution is -2.36. The molecule has 3 heterocycles. The molecule has 2 aromatic rings. The number of carbonyl (C=O) groups is 1. The van der Waals surface area contributed by atoms with E-state index in [0.717, 1.165) is 36.9 Å². The Kier molecular flexibility index (Phi) is 4.01. The van der Waals surface area contributed by atoms with Gasteiger partial charge in [-0.15, -0.1) is 11.3 Å². The molecule has 1 aliphatic heterocycles. The van der Waals surface area contributed by atoms with Crippen molar-refractivity contribution in [1.29, 1.82) is 0 Å². The Hall–Kier alpha value is -1.92. The summed E-state index contributed by atoms with van der Waals surface area (Å²) in [5, 5.41) is 4.91. The van der Waals surface area contributed by atoms with Crippen molar-refractivity contribution in [3.8, 4) is 0 Å². The number of pyridine rings is 1. The molecule has 0 radical (unpaired) electrons. The van der Waals surface area contributed by atoms with Crippen molar-refractivity contribution in [3.05, 3.63) is 40.2 Å². The highest BCUT2D eigenvalue weighted by atomic mass is 32.1. The number of nitrogens with zero attached hydrogens (tertiary/aromatic N) is 2. The van der Waals surface area contributed by atoms with Gasteiger partial charge in [0.25, 0.3) is 5.91 Å². The lowest BCUT2D eigenvalue weighted by atomic mass is 10.1. The average Bonchev–Trinajstić information content (AvgIpc) is 3.33. The van der Waals surface area contributed by atoms with E-state index in [-0.39, 0.29) is 5.91 Å². The van der Waals surface area contributed by atoms with Gasteiger partial charge in [-0.1, -0.05) is 0 Å². The molecule has 5 nitrogen and oxygen atoms in total. The Labute approximate surface area is 139 Å². The Morgan fingerprint density at radius 3 is 2.78 bits per heavy atom. The predicted molar refractivity (Wildman–Crippen MR) is 91.5 cm³/mol. The summed E-state index contributed by atoms with van der Waals surface area (Å²) in [6.07, 6.45) is 4.21. The molecule has 1 saturated heterocycles. The second-order valence-corrected chi connectivity index (χ2v) is 6.85. The number of thiophene rings is 1. The monoisotopic (exact) mass is 329 g/mol. The minimum Gasteiger partial charge on any atom is -0.378 e. The van der Waals surface area contributed by atoms with E-state index < -0.39 is 0 Å². The van der Waals surface area contributed by atoms with E-state index in [1.54, 1.807) is 0 Å². The molecule has 0 spiro atoms. The zero-order chi connectivity index (χ0) is 15.6. The Morgan fingerprint density at radius 2 is 2.09 bits per heavy atom. The first-order chi connectivity index (χ1) is 11.3. The Balaban J connectivity index is 1.44. The topological polar surface area (TPSA) is 54.5 Å². The van der Waals surface area contributed by atoms with Gasteiger partial charge in [0.2, 0.25) is 0 Å². The van der Waals surface area contributed by atoms with Crippen LogP contribution in [0.4, 0.5) is 11.5 Å². The molecule has 2 aliphatic rings. The number of aromatic nitrogens is 1. The molecule has 1 amide bonds. The SMILES string of the molecule is O=C(Nc1ccc(N2CCOCC2)cn1)c1sccc1C1CC1. The van der Waals surface area contributed by atoms with E-state index in [4.69, 9.17) is 4.74 Å². The minimum atomic E-state index is -0.0477. The fraction of sp³-hybridized carbons (Fsp3) is 0.412. The third-order valence-corrected chi connectivity index (χ3v) is 5.21. The van der Waals surface area contributed by atoms with E-state index in [0.29, 0.717) is 11.7 Å². The van der Waals surface area contributed by atoms with E-state index in [9.17, 15) is 4.79 Å². The van der Waals surface area contributed by atoms with Crippen molar-refractivity contribution in [2.45, 2.75) is 18.8 Å². The first-order valence-corrected chi connectivity index (χ1v) is 8.87. The Bertz CT molecular complexity index is 688. The number of carbonyl (C=O) groups excluding carboxylic acids is 1. The van der Waals surface area contributed by atoms with Gasteiger partial charge in [-0.2, -0.15) is 0 Å². The van der Waals surface area contributed by atoms with Gasteiger partial charge >= 0.3 is 0 Å². The lowest BCUT2D eigenvalue weighted by molar-refractivity contribution is 0.102. The van der Waals surface area contributed by atoms with Gasteiger partial charge in [0.1, 0.15) is 5.82 Å². The lowest BCUT2D eigenvalue weighted by Gasteiger charge is -2.28. The molecule has 1 aliphatic carbocycles. The standard InChI is InChI=1S/C17H19N3O2S/c21-17(16-14(5-10-23-16)12-1-2-12)19-15-4-3-13(11-18-15)20-6-8-22-9-7-20/h3-5,10-12H,1-2,6-9H2,(H,18,19,21). The predicted octanol–water partition coefficient (Wildman–Crippen LogP) is 3.11. The van der Waals surface area contributed by atoms with Crippen LogP contribution in [0.1, 0.15) is 34.0 Å². The molecular weight excluding hydrogens is 310 g/mol. The van der Waals surface area contributed by atoms with Crippen molar-refractivity contribution in [1.82, 2.24) is 4.98 Å². The van der Waals surface area contributed by atoms with Crippen LogP contribution >= 0.6 is 11.3 Å². The first kappa shape index (κ1) is 14.7. The molecule has 0 bridgehead atoms. The van der Waals surface area contributed by atoms with Crippen LogP contribution in [-0.2, 0) is 4.74 Å². The van der Waals surface area contributed by atoms with Gasteiger partial charge in [0.15, 0.2) is 0 Å². The summed E-state index contributed by atoms with van der Waals surface area (Å²) in [6.45, 7) is 3.27. The van der Waals surface area contributed by atoms with E-state index in [1.807, 2.05) is 23.7 Å². The molecule has 120 valence electrons. The zero-order valence-electron chi connectivity index (χ0n) is 12.8. The van der Waals surface area contributed by atoms with Crippen LogP contribution in [0.25, 0.3) is 0 Å². The number of hydrogen-bond donors (Lipinski definition) is 1. The fourth-order valence-electron chi connectivity index (χ4n) is 2.86. The summed E-state index contributed by atoms with van der Waals surface area (Å²) in [5.41, 5.74) is 2.26. The molecule has 23 heavy (non-hydrogen) atoms. The molecule has 1 N–H and O–H groups in total. The van der Waals surface area contributed by atoms with E-state index >= 15 is 0 Å². The smallest absolute Gasteiger partial charge is 0.267 e. The average molecular weight is 329 g/mol. The number of morpholine rings is 1. The van der Waals surface area contributed by atoms with Gasteiger partial charge in [0, 0.05) is 13.1 Å². The van der Waals surface area contributed by atoms with E-state index in [1.165, 1.54) is 29.7 Å². The van der Waals surface area contributed by atoms with Crippen LogP contribution in [-0.4, -0.2) is 37.2 Å². The highest BCUT2D eigenvalue weighted by Crippen LogP contribution is 2.43. The molecule has 1 saturated carbocycles. The van der Waals surface area contributed by atoms with E-state index in [2.05, 4.69) is 21.3 Å². The first-order valence-electron chi connectivity index (χ1n) is 7.99.